The molecule has 2 amide bonds. The Balaban J connectivity index is 0.000000248. The van der Waals surface area contributed by atoms with Crippen LogP contribution in [0.2, 0.25) is 0 Å². The number of rotatable bonds is 19. The van der Waals surface area contributed by atoms with Crippen LogP contribution in [0.4, 0.5) is 62.7 Å². The zero-order valence-electron chi connectivity index (χ0n) is 50.6. The molecule has 6 atom stereocenters. The molecule has 28 heteroatoms. The molecule has 0 aliphatic carbocycles. The van der Waals surface area contributed by atoms with Crippen LogP contribution in [-0.4, -0.2) is 195 Å². The molecule has 0 bridgehead atoms. The Hall–Kier alpha value is -7.90. The number of aromatic nitrogens is 2. The number of fused-ring (bicyclic) bond motifs is 2. The second-order valence-electron chi connectivity index (χ2n) is 21.3. The Bertz CT molecular complexity index is 3590. The Morgan fingerprint density at radius 1 is 0.722 bits per heavy atom. The molecule has 3 fully saturated rings. The molecule has 6 aromatic rings. The molecule has 0 radical (unpaired) electrons. The molecular formula is C62H71F8IN10O9. The second-order valence-corrected chi connectivity index (χ2v) is 21.3. The number of hydrogen-bond donors (Lipinski definition) is 8. The number of aliphatic hydroxyl groups excluding tert-OH is 2. The number of hydrogen-bond acceptors (Lipinski definition) is 15. The maximum absolute atomic E-state index is 14.7. The van der Waals surface area contributed by atoms with E-state index in [0.29, 0.717) is 92.5 Å². The first-order valence-electron chi connectivity index (χ1n) is 29.0. The van der Waals surface area contributed by atoms with Crippen LogP contribution in [0.15, 0.2) is 84.9 Å². The fourth-order valence-corrected chi connectivity index (χ4v) is 10.2. The summed E-state index contributed by atoms with van der Waals surface area (Å²) in [5.74, 6) is 11.2. The summed E-state index contributed by atoms with van der Waals surface area (Å²) >= 11 is 1.96. The van der Waals surface area contributed by atoms with Gasteiger partial charge in [-0.3, -0.25) is 9.59 Å². The molecule has 3 saturated heterocycles. The van der Waals surface area contributed by atoms with Crippen molar-refractivity contribution < 1.29 is 80.0 Å². The van der Waals surface area contributed by atoms with Crippen molar-refractivity contribution in [1.29, 1.82) is 0 Å². The third kappa shape index (κ3) is 19.3. The molecule has 0 saturated carbocycles. The van der Waals surface area contributed by atoms with Crippen molar-refractivity contribution in [2.45, 2.75) is 74.9 Å². The van der Waals surface area contributed by atoms with Gasteiger partial charge in [0.25, 0.3) is 11.8 Å². The number of methoxy groups -OCH3 is 2. The van der Waals surface area contributed by atoms with Gasteiger partial charge in [-0.05, 0) is 116 Å². The molecule has 3 aliphatic rings. The molecule has 0 spiro atoms. The first-order chi connectivity index (χ1) is 43.4. The maximum atomic E-state index is 14.7. The van der Waals surface area contributed by atoms with Crippen molar-refractivity contribution in [2.75, 3.05) is 120 Å². The number of likely N-dealkylation sites (tertiary alicyclic amines) is 2. The number of amides is 2. The number of carbonyl (C=O) groups is 3. The van der Waals surface area contributed by atoms with Crippen LogP contribution in [0.25, 0.3) is 21.8 Å². The molecule has 2 aromatic heterocycles. The van der Waals surface area contributed by atoms with Crippen molar-refractivity contribution in [1.82, 2.24) is 29.6 Å². The van der Waals surface area contributed by atoms with Gasteiger partial charge >= 0.3 is 18.5 Å². The lowest BCUT2D eigenvalue weighted by molar-refractivity contribution is -0.140. The molecule has 486 valence electrons. The van der Waals surface area contributed by atoms with Crippen LogP contribution in [-0.2, 0) is 22.6 Å². The first kappa shape index (κ1) is 68.0. The Labute approximate surface area is 530 Å². The van der Waals surface area contributed by atoms with Crippen LogP contribution >= 0.6 is 22.6 Å². The molecule has 4 aromatic carbocycles. The predicted molar refractivity (Wildman–Crippen MR) is 335 cm³/mol. The molecule has 9 rings (SSSR count). The predicted octanol–water partition coefficient (Wildman–Crippen LogP) is 8.66. The summed E-state index contributed by atoms with van der Waals surface area (Å²) in [6.45, 7) is -0.831. The number of ether oxygens (including phenoxy) is 4. The van der Waals surface area contributed by atoms with Crippen LogP contribution in [0.3, 0.4) is 0 Å². The van der Waals surface area contributed by atoms with E-state index in [1.165, 1.54) is 32.4 Å². The minimum Gasteiger partial charge on any atom is -0.495 e. The largest absolute Gasteiger partial charge is 0.508 e. The van der Waals surface area contributed by atoms with Crippen LogP contribution in [0.1, 0.15) is 46.3 Å². The van der Waals surface area contributed by atoms with E-state index in [-0.39, 0.29) is 62.8 Å². The van der Waals surface area contributed by atoms with E-state index in [0.717, 1.165) is 9.13 Å². The van der Waals surface area contributed by atoms with E-state index in [1.54, 1.807) is 66.7 Å². The summed E-state index contributed by atoms with van der Waals surface area (Å²) in [6.07, 6.45) is -12.5. The average Bonchev–Trinajstić information content (AvgIpc) is 1.69. The van der Waals surface area contributed by atoms with E-state index in [1.807, 2.05) is 46.5 Å². The first-order valence-corrected chi connectivity index (χ1v) is 29.9. The van der Waals surface area contributed by atoms with Crippen LogP contribution < -0.4 is 41.4 Å². The molecule has 8 N–H and O–H groups in total. The van der Waals surface area contributed by atoms with Gasteiger partial charge in [-0.25, -0.2) is 13.6 Å². The van der Waals surface area contributed by atoms with Gasteiger partial charge in [-0.1, -0.05) is 46.6 Å². The zero-order valence-corrected chi connectivity index (χ0v) is 51.8. The lowest BCUT2D eigenvalue weighted by atomic mass is 10.0. The van der Waals surface area contributed by atoms with Gasteiger partial charge in [0.05, 0.1) is 92.4 Å². The molecule has 5 heterocycles. The monoisotopic (exact) mass is 1380 g/mol. The highest BCUT2D eigenvalue weighted by molar-refractivity contribution is 14.1. The van der Waals surface area contributed by atoms with Crippen molar-refractivity contribution in [3.8, 4) is 35.2 Å². The number of aliphatic hydroxyl groups is 2. The third-order valence-electron chi connectivity index (χ3n) is 14.7. The second kappa shape index (κ2) is 32.2. The number of piperidine rings is 2. The molecule has 19 nitrogen and oxygen atoms in total. The Morgan fingerprint density at radius 2 is 1.18 bits per heavy atom. The van der Waals surface area contributed by atoms with Crippen LogP contribution in [0.5, 0.6) is 11.5 Å². The van der Waals surface area contributed by atoms with Gasteiger partial charge in [-0.15, -0.1) is 0 Å². The topological polar surface area (TPSA) is 217 Å². The number of alkyl halides is 9. The lowest BCUT2D eigenvalue weighted by Crippen LogP contribution is -2.46. The van der Waals surface area contributed by atoms with E-state index >= 15 is 0 Å². The smallest absolute Gasteiger partial charge is 0.495 e. The van der Waals surface area contributed by atoms with E-state index in [2.05, 4.69) is 55.6 Å². The zero-order chi connectivity index (χ0) is 66.0. The summed E-state index contributed by atoms with van der Waals surface area (Å²) in [4.78, 5) is 40.2. The van der Waals surface area contributed by atoms with Gasteiger partial charge in [0.2, 0.25) is 0 Å². The van der Waals surface area contributed by atoms with E-state index in [9.17, 15) is 54.6 Å². The number of benzene rings is 4. The van der Waals surface area contributed by atoms with Crippen molar-refractivity contribution >= 4 is 85.1 Å². The normalized spacial score (nSPS) is 18.9. The number of nitrogens with zero attached hydrogens (tertiary/aromatic N) is 4. The number of halogens is 9. The summed E-state index contributed by atoms with van der Waals surface area (Å²) in [7, 11) is 6.54. The molecule has 90 heavy (non-hydrogen) atoms. The molecular weight excluding hydrogens is 1310 g/mol. The summed E-state index contributed by atoms with van der Waals surface area (Å²) in [5.41, 5.74) is 3.69. The Kier molecular flexibility index (Phi) is 24.3. The standard InChI is InChI=1S/C31H33F4N5O5.C30H35F4N5O4.CH3I/c1-39-12-10-25(23(32)16-39)38-24-6-3-7-27-22(24)14-20(40(27)18-31(33,34)35)5-4-11-36-26-9-8-19(13-28(26)43-2)29(41)37-15-21-17-44-30(42)45-21;1-38-12-10-25(23(31)16-38)37-24-6-3-7-27-22(24)14-20(39(27)18-30(32,33)34)5-4-11-35-26-9-8-19(13-28(26)43-2)29(42)36-15-21(41)17-40;1-2/h3,6-9,13-14,21,23,25,36,38H,10-12,15-18H2,1-2H3,(H,37,41);3,6-9,13-14,21,23,25,35,37,40-41H,10-12,15-18H2,1-2H3,(H,36,42);1H3/t2*21?,23-,25+;/m00./s1/i;;1D. The summed E-state index contributed by atoms with van der Waals surface area (Å²) < 4.78 is 140. The average molecular weight is 1380 g/mol. The summed E-state index contributed by atoms with van der Waals surface area (Å²) in [5, 5.41) is 37.1. The highest BCUT2D eigenvalue weighted by Gasteiger charge is 2.34. The number of nitrogens with one attached hydrogen (secondary N) is 6. The number of cyclic esters (lactones) is 2. The SMILES string of the molecule is COc1cc(C(=O)NCC(O)CO)ccc1NCC#Cc1cc2c(N[C@@H]3CCN(C)C[C@@H]3F)cccc2n1CC(F)(F)F.COc1cc(C(=O)NCC2COC(=O)O2)ccc1NCC#Cc1cc2c(N[C@@H]3CCN(C)C[C@@H]3F)cccc2n1CC(F)(F)F.[2H]CI. The van der Waals surface area contributed by atoms with Gasteiger partial charge in [-0.2, -0.15) is 26.3 Å². The fourth-order valence-electron chi connectivity index (χ4n) is 10.2. The van der Waals surface area contributed by atoms with Crippen molar-refractivity contribution in [3.63, 3.8) is 0 Å². The van der Waals surface area contributed by atoms with Crippen molar-refractivity contribution in [2.24, 2.45) is 0 Å². The number of anilines is 4. The molecule has 3 aliphatic heterocycles. The Morgan fingerprint density at radius 3 is 1.58 bits per heavy atom. The third-order valence-corrected chi connectivity index (χ3v) is 14.7. The minimum atomic E-state index is -4.49. The highest BCUT2D eigenvalue weighted by atomic mass is 127. The minimum absolute atomic E-state index is 0.0549. The fraction of sp³-hybridized carbons (Fsp3) is 0.435. The van der Waals surface area contributed by atoms with Crippen molar-refractivity contribution in [3.05, 3.63) is 107 Å². The van der Waals surface area contributed by atoms with Gasteiger partial charge in [0, 0.05) is 67.4 Å². The van der Waals surface area contributed by atoms with Gasteiger partial charge in [0.1, 0.15) is 43.5 Å². The summed E-state index contributed by atoms with van der Waals surface area (Å²) in [6, 6.07) is 21.5. The van der Waals surface area contributed by atoms with E-state index < -0.39 is 86.7 Å². The van der Waals surface area contributed by atoms with Crippen LogP contribution in [0, 0.1) is 23.7 Å². The highest BCUT2D eigenvalue weighted by Crippen LogP contribution is 2.34. The lowest BCUT2D eigenvalue weighted by Gasteiger charge is -2.33. The quantitative estimate of drug-likeness (QED) is 0.0125. The van der Waals surface area contributed by atoms with Gasteiger partial charge < -0.3 is 80.0 Å². The van der Waals surface area contributed by atoms with E-state index in [4.69, 9.17) is 25.4 Å². The van der Waals surface area contributed by atoms with Gasteiger partial charge in [0.15, 0.2) is 6.10 Å². The number of carbonyl (C=O) groups excluding carboxylic acids is 3. The molecule has 2 unspecified atom stereocenters. The maximum Gasteiger partial charge on any atom is 0.508 e.